The zero-order chi connectivity index (χ0) is 11.1. The van der Waals surface area contributed by atoms with Gasteiger partial charge in [-0.05, 0) is 0 Å². The first-order valence-corrected chi connectivity index (χ1v) is 6.29. The van der Waals surface area contributed by atoms with E-state index in [-0.39, 0.29) is 4.34 Å². The zero-order valence-corrected chi connectivity index (χ0v) is 9.28. The molecule has 4 nitrogen and oxygen atoms in total. The average Bonchev–Trinajstić information content (AvgIpc) is 2.73. The van der Waals surface area contributed by atoms with E-state index in [1.54, 1.807) is 0 Å². The van der Waals surface area contributed by atoms with E-state index in [9.17, 15) is 8.42 Å². The lowest BCUT2D eigenvalue weighted by Crippen LogP contribution is -1.95. The highest BCUT2D eigenvalue weighted by atomic mass is 32.3. The van der Waals surface area contributed by atoms with Crippen LogP contribution in [0.5, 0.6) is 0 Å². The van der Waals surface area contributed by atoms with Gasteiger partial charge in [-0.2, -0.15) is 8.42 Å². The third kappa shape index (κ3) is 4.68. The summed E-state index contributed by atoms with van der Waals surface area (Å²) in [7, 11) is -4.05. The molecule has 0 saturated carbocycles. The lowest BCUT2D eigenvalue weighted by Gasteiger charge is -1.83. The van der Waals surface area contributed by atoms with E-state index < -0.39 is 10.1 Å². The Bertz CT molecular complexity index is 439. The Labute approximate surface area is 92.0 Å². The fourth-order valence-corrected chi connectivity index (χ4v) is 1.93. The van der Waals surface area contributed by atoms with Crippen molar-refractivity contribution in [1.82, 2.24) is 4.98 Å². The van der Waals surface area contributed by atoms with E-state index in [1.807, 2.05) is 36.4 Å². The number of rotatable bonds is 1. The van der Waals surface area contributed by atoms with Crippen LogP contribution in [-0.4, -0.2) is 18.0 Å². The van der Waals surface area contributed by atoms with Crippen molar-refractivity contribution >= 4 is 21.5 Å². The van der Waals surface area contributed by atoms with E-state index in [0.29, 0.717) is 0 Å². The van der Waals surface area contributed by atoms with Gasteiger partial charge >= 0.3 is 10.1 Å². The van der Waals surface area contributed by atoms with Gasteiger partial charge in [0.05, 0.1) is 0 Å². The fourth-order valence-electron chi connectivity index (χ4n) is 0.723. The van der Waals surface area contributed by atoms with Crippen molar-refractivity contribution in [2.75, 3.05) is 0 Å². The molecule has 0 fully saturated rings. The van der Waals surface area contributed by atoms with Crippen molar-refractivity contribution in [3.63, 3.8) is 0 Å². The molecule has 1 aromatic heterocycles. The maximum absolute atomic E-state index is 10.2. The summed E-state index contributed by atoms with van der Waals surface area (Å²) in [4.78, 5) is 3.37. The molecule has 0 atom stereocenters. The van der Waals surface area contributed by atoms with Gasteiger partial charge < -0.3 is 0 Å². The molecule has 0 radical (unpaired) electrons. The largest absolute Gasteiger partial charge is 0.322 e. The summed E-state index contributed by atoms with van der Waals surface area (Å²) in [6, 6.07) is 12.0. The van der Waals surface area contributed by atoms with Crippen LogP contribution in [-0.2, 0) is 10.1 Å². The van der Waals surface area contributed by atoms with Gasteiger partial charge in [-0.1, -0.05) is 36.4 Å². The van der Waals surface area contributed by atoms with Crippen LogP contribution in [0.1, 0.15) is 0 Å². The molecule has 15 heavy (non-hydrogen) atoms. The van der Waals surface area contributed by atoms with Crippen molar-refractivity contribution in [2.45, 2.75) is 4.34 Å². The van der Waals surface area contributed by atoms with Gasteiger partial charge in [-0.25, -0.2) is 4.98 Å². The molecular weight excluding hydrogens is 234 g/mol. The first-order valence-electron chi connectivity index (χ1n) is 3.97. The standard InChI is InChI=1S/C6H6.C3H3NO3S2/c1-2-4-6-5-3-1;5-9(6,7)3-4-1-2-8-3/h1-6H;1-2H,(H,5,6,7). The molecule has 0 bridgehead atoms. The third-order valence-corrected chi connectivity index (χ3v) is 3.33. The Kier molecular flexibility index (Phi) is 4.41. The summed E-state index contributed by atoms with van der Waals surface area (Å²) < 4.78 is 28.4. The average molecular weight is 243 g/mol. The normalized spacial score (nSPS) is 10.2. The maximum Gasteiger partial charge on any atom is 0.322 e. The lowest BCUT2D eigenvalue weighted by atomic mass is 10.4. The van der Waals surface area contributed by atoms with Gasteiger partial charge in [0.25, 0.3) is 0 Å². The quantitative estimate of drug-likeness (QED) is 0.779. The van der Waals surface area contributed by atoms with Crippen molar-refractivity contribution in [3.05, 3.63) is 48.0 Å². The Hall–Kier alpha value is -1.24. The highest BCUT2D eigenvalue weighted by Gasteiger charge is 2.10. The van der Waals surface area contributed by atoms with Crippen LogP contribution < -0.4 is 0 Å². The third-order valence-electron chi connectivity index (χ3n) is 1.30. The predicted molar refractivity (Wildman–Crippen MR) is 58.4 cm³/mol. The number of aromatic nitrogens is 1. The van der Waals surface area contributed by atoms with Gasteiger partial charge in [-0.15, -0.1) is 11.3 Å². The molecule has 0 aliphatic carbocycles. The molecule has 6 heteroatoms. The van der Waals surface area contributed by atoms with E-state index in [0.717, 1.165) is 11.3 Å². The minimum absolute atomic E-state index is 0.262. The van der Waals surface area contributed by atoms with E-state index in [2.05, 4.69) is 4.98 Å². The Morgan fingerprint density at radius 1 is 1.07 bits per heavy atom. The monoisotopic (exact) mass is 243 g/mol. The summed E-state index contributed by atoms with van der Waals surface area (Å²) in [5, 5.41) is 1.48. The maximum atomic E-state index is 10.2. The SMILES string of the molecule is O=S(=O)(O)c1nccs1.c1ccccc1. The Morgan fingerprint density at radius 3 is 1.73 bits per heavy atom. The number of benzene rings is 1. The van der Waals surface area contributed by atoms with Crippen LogP contribution in [0, 0.1) is 0 Å². The lowest BCUT2D eigenvalue weighted by molar-refractivity contribution is 0.482. The minimum atomic E-state index is -4.05. The van der Waals surface area contributed by atoms with Gasteiger partial charge in [-0.3, -0.25) is 4.55 Å². The first kappa shape index (κ1) is 11.8. The van der Waals surface area contributed by atoms with Gasteiger partial charge in [0.15, 0.2) is 0 Å². The fraction of sp³-hybridized carbons (Fsp3) is 0. The predicted octanol–water partition coefficient (Wildman–Crippen LogP) is 2.08. The zero-order valence-electron chi connectivity index (χ0n) is 7.65. The van der Waals surface area contributed by atoms with Crippen molar-refractivity contribution in [1.29, 1.82) is 0 Å². The Morgan fingerprint density at radius 2 is 1.53 bits per heavy atom. The van der Waals surface area contributed by atoms with Gasteiger partial charge in [0, 0.05) is 11.6 Å². The molecule has 0 saturated heterocycles. The molecule has 2 aromatic rings. The summed E-state index contributed by atoms with van der Waals surface area (Å²) in [5.41, 5.74) is 0. The van der Waals surface area contributed by atoms with Crippen LogP contribution >= 0.6 is 11.3 Å². The number of hydrogen-bond acceptors (Lipinski definition) is 4. The van der Waals surface area contributed by atoms with Crippen LogP contribution in [0.4, 0.5) is 0 Å². The second-order valence-corrected chi connectivity index (χ2v) is 4.92. The number of nitrogens with zero attached hydrogens (tertiary/aromatic N) is 1. The second-order valence-electron chi connectivity index (χ2n) is 2.43. The van der Waals surface area contributed by atoms with Gasteiger partial charge in [0.1, 0.15) is 0 Å². The summed E-state index contributed by atoms with van der Waals surface area (Å²) >= 11 is 0.881. The molecule has 1 N–H and O–H groups in total. The minimum Gasteiger partial charge on any atom is -0.280 e. The molecule has 0 aliphatic heterocycles. The van der Waals surface area contributed by atoms with Crippen LogP contribution in [0.2, 0.25) is 0 Å². The smallest absolute Gasteiger partial charge is 0.280 e. The van der Waals surface area contributed by atoms with Crippen LogP contribution in [0.3, 0.4) is 0 Å². The molecule has 1 heterocycles. The molecule has 80 valence electrons. The van der Waals surface area contributed by atoms with Crippen LogP contribution in [0.15, 0.2) is 52.3 Å². The van der Waals surface area contributed by atoms with E-state index in [1.165, 1.54) is 11.6 Å². The molecule has 2 rings (SSSR count). The summed E-state index contributed by atoms with van der Waals surface area (Å²) in [5.74, 6) is 0. The topological polar surface area (TPSA) is 67.3 Å². The van der Waals surface area contributed by atoms with Gasteiger partial charge in [0.2, 0.25) is 4.34 Å². The first-order chi connectivity index (χ1) is 7.11. The highest BCUT2D eigenvalue weighted by Crippen LogP contribution is 2.09. The Balaban J connectivity index is 0.000000162. The van der Waals surface area contributed by atoms with Crippen molar-refractivity contribution in [3.8, 4) is 0 Å². The summed E-state index contributed by atoms with van der Waals surface area (Å²) in [6.45, 7) is 0. The van der Waals surface area contributed by atoms with Crippen molar-refractivity contribution in [2.24, 2.45) is 0 Å². The molecular formula is C9H9NO3S2. The molecule has 0 amide bonds. The second kappa shape index (κ2) is 5.59. The summed E-state index contributed by atoms with van der Waals surface area (Å²) in [6.07, 6.45) is 1.31. The van der Waals surface area contributed by atoms with Crippen molar-refractivity contribution < 1.29 is 13.0 Å². The molecule has 0 spiro atoms. The highest BCUT2D eigenvalue weighted by molar-refractivity contribution is 7.87. The number of hydrogen-bond donors (Lipinski definition) is 1. The number of thiazole rings is 1. The molecule has 1 aromatic carbocycles. The van der Waals surface area contributed by atoms with Crippen LogP contribution in [0.25, 0.3) is 0 Å². The van der Waals surface area contributed by atoms with E-state index in [4.69, 9.17) is 4.55 Å². The molecule has 0 unspecified atom stereocenters. The molecule has 0 aliphatic rings. The van der Waals surface area contributed by atoms with E-state index >= 15 is 0 Å².